The summed E-state index contributed by atoms with van der Waals surface area (Å²) in [4.78, 5) is 1.64. The van der Waals surface area contributed by atoms with E-state index in [0.29, 0.717) is 11.0 Å². The molecule has 2 heterocycles. The van der Waals surface area contributed by atoms with Crippen molar-refractivity contribution >= 4 is 11.3 Å². The molecule has 1 nitrogen and oxygen atoms in total. The molecule has 1 spiro atoms. The Morgan fingerprint density at radius 1 is 1.19 bits per heavy atom. The van der Waals surface area contributed by atoms with E-state index in [-0.39, 0.29) is 0 Å². The standard InChI is InChI=1S/C14H21NS/c1-13(2)5-7-14(8-6-13)11-4-10-16-12(11)3-9-15-14/h4,10,15H,3,5-9H2,1-2H3. The van der Waals surface area contributed by atoms with Gasteiger partial charge in [-0.3, -0.25) is 0 Å². The van der Waals surface area contributed by atoms with Gasteiger partial charge in [-0.2, -0.15) is 0 Å². The number of fused-ring (bicyclic) bond motifs is 2. The van der Waals surface area contributed by atoms with E-state index in [4.69, 9.17) is 0 Å². The lowest BCUT2D eigenvalue weighted by atomic mass is 9.66. The summed E-state index contributed by atoms with van der Waals surface area (Å²) in [7, 11) is 0. The average Bonchev–Trinajstić information content (AvgIpc) is 2.72. The van der Waals surface area contributed by atoms with Crippen molar-refractivity contribution in [1.82, 2.24) is 5.32 Å². The van der Waals surface area contributed by atoms with Gasteiger partial charge in [-0.05, 0) is 54.5 Å². The van der Waals surface area contributed by atoms with E-state index in [2.05, 4.69) is 30.6 Å². The molecule has 0 saturated heterocycles. The van der Waals surface area contributed by atoms with Crippen LogP contribution in [0.4, 0.5) is 0 Å². The summed E-state index contributed by atoms with van der Waals surface area (Å²) in [6.45, 7) is 6.00. The lowest BCUT2D eigenvalue weighted by Gasteiger charge is -2.46. The Kier molecular flexibility index (Phi) is 2.41. The van der Waals surface area contributed by atoms with E-state index in [9.17, 15) is 0 Å². The van der Waals surface area contributed by atoms with E-state index in [1.807, 2.05) is 11.3 Å². The highest BCUT2D eigenvalue weighted by Gasteiger charge is 2.42. The zero-order chi connectivity index (χ0) is 11.2. The maximum Gasteiger partial charge on any atom is 0.0446 e. The van der Waals surface area contributed by atoms with Crippen molar-refractivity contribution < 1.29 is 0 Å². The Balaban J connectivity index is 1.92. The van der Waals surface area contributed by atoms with Crippen LogP contribution in [-0.2, 0) is 12.0 Å². The Labute approximate surface area is 102 Å². The molecule has 1 N–H and O–H groups in total. The van der Waals surface area contributed by atoms with Gasteiger partial charge in [0.2, 0.25) is 0 Å². The highest BCUT2D eigenvalue weighted by atomic mass is 32.1. The van der Waals surface area contributed by atoms with Crippen LogP contribution in [0.15, 0.2) is 11.4 Å². The fourth-order valence-electron chi connectivity index (χ4n) is 3.27. The van der Waals surface area contributed by atoms with Gasteiger partial charge in [0.15, 0.2) is 0 Å². The second-order valence-corrected chi connectivity index (χ2v) is 7.18. The van der Waals surface area contributed by atoms with E-state index < -0.39 is 0 Å². The molecule has 0 unspecified atom stereocenters. The van der Waals surface area contributed by atoms with Crippen LogP contribution in [-0.4, -0.2) is 6.54 Å². The van der Waals surface area contributed by atoms with Gasteiger partial charge < -0.3 is 5.32 Å². The van der Waals surface area contributed by atoms with Crippen LogP contribution in [0.25, 0.3) is 0 Å². The summed E-state index contributed by atoms with van der Waals surface area (Å²) < 4.78 is 0. The minimum Gasteiger partial charge on any atom is -0.307 e. The second kappa shape index (κ2) is 3.58. The maximum atomic E-state index is 3.82. The molecule has 0 bridgehead atoms. The topological polar surface area (TPSA) is 12.0 Å². The quantitative estimate of drug-likeness (QED) is 0.723. The third kappa shape index (κ3) is 1.63. The lowest BCUT2D eigenvalue weighted by molar-refractivity contribution is 0.129. The smallest absolute Gasteiger partial charge is 0.0446 e. The van der Waals surface area contributed by atoms with E-state index in [1.165, 1.54) is 38.6 Å². The molecular weight excluding hydrogens is 214 g/mol. The van der Waals surface area contributed by atoms with Crippen LogP contribution in [0.1, 0.15) is 50.0 Å². The summed E-state index contributed by atoms with van der Waals surface area (Å²) in [5, 5.41) is 6.10. The van der Waals surface area contributed by atoms with Crippen LogP contribution in [0, 0.1) is 5.41 Å². The molecular formula is C14H21NS. The van der Waals surface area contributed by atoms with Crippen molar-refractivity contribution in [2.24, 2.45) is 5.41 Å². The van der Waals surface area contributed by atoms with Gasteiger partial charge in [0.25, 0.3) is 0 Å². The van der Waals surface area contributed by atoms with Gasteiger partial charge in [0, 0.05) is 17.0 Å². The highest BCUT2D eigenvalue weighted by molar-refractivity contribution is 7.10. The number of rotatable bonds is 0. The molecule has 2 aliphatic rings. The molecule has 0 atom stereocenters. The molecule has 1 aromatic rings. The number of hydrogen-bond donors (Lipinski definition) is 1. The van der Waals surface area contributed by atoms with Crippen LogP contribution in [0.5, 0.6) is 0 Å². The Morgan fingerprint density at radius 3 is 2.69 bits per heavy atom. The summed E-state index contributed by atoms with van der Waals surface area (Å²) in [6.07, 6.45) is 6.59. The predicted molar refractivity (Wildman–Crippen MR) is 70.0 cm³/mol. The summed E-state index contributed by atoms with van der Waals surface area (Å²) in [5.74, 6) is 0. The van der Waals surface area contributed by atoms with Crippen LogP contribution in [0.2, 0.25) is 0 Å². The van der Waals surface area contributed by atoms with Crippen molar-refractivity contribution in [3.05, 3.63) is 21.9 Å². The fraction of sp³-hybridized carbons (Fsp3) is 0.714. The van der Waals surface area contributed by atoms with Crippen molar-refractivity contribution in [2.45, 2.75) is 51.5 Å². The zero-order valence-corrected chi connectivity index (χ0v) is 11.1. The molecule has 1 aromatic heterocycles. The summed E-state index contributed by atoms with van der Waals surface area (Å²) in [5.41, 5.74) is 2.52. The SMILES string of the molecule is CC1(C)CCC2(CC1)NCCc1sccc12. The van der Waals surface area contributed by atoms with Crippen molar-refractivity contribution in [2.75, 3.05) is 6.54 Å². The Hall–Kier alpha value is -0.340. The first-order valence-electron chi connectivity index (χ1n) is 6.43. The van der Waals surface area contributed by atoms with Gasteiger partial charge in [0.05, 0.1) is 0 Å². The lowest BCUT2D eigenvalue weighted by Crippen LogP contribution is -2.49. The highest BCUT2D eigenvalue weighted by Crippen LogP contribution is 2.47. The van der Waals surface area contributed by atoms with Gasteiger partial charge in [-0.1, -0.05) is 13.8 Å². The third-order valence-electron chi connectivity index (χ3n) is 4.53. The molecule has 1 aliphatic carbocycles. The molecule has 16 heavy (non-hydrogen) atoms. The Morgan fingerprint density at radius 2 is 1.94 bits per heavy atom. The average molecular weight is 235 g/mol. The molecule has 88 valence electrons. The van der Waals surface area contributed by atoms with E-state index in [1.54, 1.807) is 10.4 Å². The number of hydrogen-bond acceptors (Lipinski definition) is 2. The molecule has 0 aromatic carbocycles. The first-order chi connectivity index (χ1) is 7.61. The summed E-state index contributed by atoms with van der Waals surface area (Å²) >= 11 is 1.95. The van der Waals surface area contributed by atoms with Crippen molar-refractivity contribution in [3.63, 3.8) is 0 Å². The van der Waals surface area contributed by atoms with Gasteiger partial charge >= 0.3 is 0 Å². The molecule has 2 heteroatoms. The fourth-order valence-corrected chi connectivity index (χ4v) is 4.25. The molecule has 3 rings (SSSR count). The van der Waals surface area contributed by atoms with Gasteiger partial charge in [0.1, 0.15) is 0 Å². The number of thiophene rings is 1. The minimum absolute atomic E-state index is 0.336. The summed E-state index contributed by atoms with van der Waals surface area (Å²) in [6, 6.07) is 2.37. The van der Waals surface area contributed by atoms with Crippen LogP contribution in [0.3, 0.4) is 0 Å². The van der Waals surface area contributed by atoms with Gasteiger partial charge in [-0.15, -0.1) is 11.3 Å². The first-order valence-corrected chi connectivity index (χ1v) is 7.31. The molecule has 1 fully saturated rings. The third-order valence-corrected chi connectivity index (χ3v) is 5.51. The Bertz CT molecular complexity index is 381. The molecule has 1 aliphatic heterocycles. The zero-order valence-electron chi connectivity index (χ0n) is 10.3. The molecule has 0 radical (unpaired) electrons. The van der Waals surface area contributed by atoms with Crippen LogP contribution >= 0.6 is 11.3 Å². The number of nitrogens with one attached hydrogen (secondary N) is 1. The van der Waals surface area contributed by atoms with Crippen LogP contribution < -0.4 is 5.32 Å². The molecule has 1 saturated carbocycles. The van der Waals surface area contributed by atoms with Crippen molar-refractivity contribution in [3.8, 4) is 0 Å². The predicted octanol–water partition coefficient (Wildman–Crippen LogP) is 3.69. The van der Waals surface area contributed by atoms with Crippen molar-refractivity contribution in [1.29, 1.82) is 0 Å². The maximum absolute atomic E-state index is 3.82. The van der Waals surface area contributed by atoms with E-state index >= 15 is 0 Å². The van der Waals surface area contributed by atoms with E-state index in [0.717, 1.165) is 0 Å². The largest absolute Gasteiger partial charge is 0.307 e. The minimum atomic E-state index is 0.336. The first kappa shape index (κ1) is 10.8. The monoisotopic (exact) mass is 235 g/mol. The van der Waals surface area contributed by atoms with Gasteiger partial charge in [-0.25, -0.2) is 0 Å². The normalized spacial score (nSPS) is 26.6. The molecule has 0 amide bonds. The second-order valence-electron chi connectivity index (χ2n) is 6.18.